The van der Waals surface area contributed by atoms with Gasteiger partial charge in [0.25, 0.3) is 0 Å². The molecule has 17 heavy (non-hydrogen) atoms. The second-order valence-electron chi connectivity index (χ2n) is 3.67. The Kier molecular flexibility index (Phi) is 3.90. The fourth-order valence-electron chi connectivity index (χ4n) is 1.50. The maximum atomic E-state index is 5.61. The molecule has 0 fully saturated rings. The lowest BCUT2D eigenvalue weighted by atomic mass is 10.1. The number of hydrogen-bond acceptors (Lipinski definition) is 4. The lowest BCUT2D eigenvalue weighted by Gasteiger charge is -1.98. The summed E-state index contributed by atoms with van der Waals surface area (Å²) in [6.45, 7) is 0.687. The van der Waals surface area contributed by atoms with E-state index in [0.29, 0.717) is 11.7 Å². The minimum Gasteiger partial charge on any atom is -0.375 e. The van der Waals surface area contributed by atoms with E-state index in [0.717, 1.165) is 17.7 Å². The zero-order valence-corrected chi connectivity index (χ0v) is 10.3. The van der Waals surface area contributed by atoms with Gasteiger partial charge in [-0.25, -0.2) is 4.98 Å². The first kappa shape index (κ1) is 11.8. The van der Waals surface area contributed by atoms with Crippen molar-refractivity contribution in [3.63, 3.8) is 0 Å². The normalized spacial score (nSPS) is 11.1. The highest BCUT2D eigenvalue weighted by Gasteiger charge is 2.01. The molecule has 2 rings (SSSR count). The van der Waals surface area contributed by atoms with Crippen LogP contribution in [-0.4, -0.2) is 11.5 Å². The van der Waals surface area contributed by atoms with Gasteiger partial charge in [0, 0.05) is 10.9 Å². The van der Waals surface area contributed by atoms with Crippen molar-refractivity contribution in [3.8, 4) is 11.3 Å². The zero-order valence-electron chi connectivity index (χ0n) is 9.47. The van der Waals surface area contributed by atoms with Crippen molar-refractivity contribution >= 4 is 22.5 Å². The Balaban J connectivity index is 2.13. The van der Waals surface area contributed by atoms with E-state index in [1.165, 1.54) is 16.9 Å². The predicted molar refractivity (Wildman–Crippen MR) is 74.7 cm³/mol. The highest BCUT2D eigenvalue weighted by Crippen LogP contribution is 2.23. The summed E-state index contributed by atoms with van der Waals surface area (Å²) >= 11 is 1.46. The van der Waals surface area contributed by atoms with Gasteiger partial charge in [-0.1, -0.05) is 36.4 Å². The number of hydrogen-bond donors (Lipinski definition) is 2. The second kappa shape index (κ2) is 5.61. The number of nitrogens with zero attached hydrogens (tertiary/aromatic N) is 1. The smallest absolute Gasteiger partial charge is 0.180 e. The largest absolute Gasteiger partial charge is 0.375 e. The number of aromatic nitrogens is 1. The summed E-state index contributed by atoms with van der Waals surface area (Å²) in [5.41, 5.74) is 14.2. The number of nitrogen functional groups attached to an aromatic ring is 1. The lowest BCUT2D eigenvalue weighted by Crippen LogP contribution is -1.94. The van der Waals surface area contributed by atoms with Gasteiger partial charge in [0.15, 0.2) is 5.13 Å². The Hall–Kier alpha value is -1.65. The third-order valence-corrected chi connectivity index (χ3v) is 3.05. The molecule has 2 aromatic rings. The Morgan fingerprint density at radius 3 is 2.59 bits per heavy atom. The average molecular weight is 245 g/mol. The molecular weight excluding hydrogens is 230 g/mol. The third-order valence-electron chi connectivity index (χ3n) is 2.37. The Labute approximate surface area is 105 Å². The minimum absolute atomic E-state index is 0.604. The highest BCUT2D eigenvalue weighted by molar-refractivity contribution is 7.13. The molecule has 1 aromatic carbocycles. The van der Waals surface area contributed by atoms with Gasteiger partial charge in [-0.3, -0.25) is 0 Å². The predicted octanol–water partition coefficient (Wildman–Crippen LogP) is 2.75. The Morgan fingerprint density at radius 1 is 1.24 bits per heavy atom. The molecule has 0 aliphatic carbocycles. The van der Waals surface area contributed by atoms with Gasteiger partial charge in [0.1, 0.15) is 0 Å². The van der Waals surface area contributed by atoms with Crippen LogP contribution < -0.4 is 11.5 Å². The molecule has 0 saturated carbocycles. The first-order valence-corrected chi connectivity index (χ1v) is 6.35. The van der Waals surface area contributed by atoms with Crippen LogP contribution >= 0.6 is 11.3 Å². The quantitative estimate of drug-likeness (QED) is 0.870. The molecule has 0 radical (unpaired) electrons. The van der Waals surface area contributed by atoms with Gasteiger partial charge in [0.2, 0.25) is 0 Å². The van der Waals surface area contributed by atoms with Crippen LogP contribution in [0.15, 0.2) is 35.7 Å². The molecule has 0 spiro atoms. The zero-order chi connectivity index (χ0) is 12.1. The van der Waals surface area contributed by atoms with Crippen molar-refractivity contribution in [3.05, 3.63) is 41.3 Å². The topological polar surface area (TPSA) is 64.9 Å². The lowest BCUT2D eigenvalue weighted by molar-refractivity contribution is 1.01. The summed E-state index contributed by atoms with van der Waals surface area (Å²) in [6, 6.07) is 8.24. The highest BCUT2D eigenvalue weighted by atomic mass is 32.1. The van der Waals surface area contributed by atoms with Gasteiger partial charge in [-0.15, -0.1) is 11.3 Å². The standard InChI is InChI=1S/C13H15N3S/c14-8-2-1-3-10-4-6-11(7-5-10)12-9-17-13(15)16-12/h1,3-7,9H,2,8,14H2,(H2,15,16). The number of anilines is 1. The van der Waals surface area contributed by atoms with Crippen molar-refractivity contribution in [2.45, 2.75) is 6.42 Å². The summed E-state index contributed by atoms with van der Waals surface area (Å²) in [6.07, 6.45) is 5.06. The van der Waals surface area contributed by atoms with Crippen LogP contribution in [0.2, 0.25) is 0 Å². The molecule has 0 atom stereocenters. The molecular formula is C13H15N3S. The van der Waals surface area contributed by atoms with Crippen LogP contribution in [0.3, 0.4) is 0 Å². The van der Waals surface area contributed by atoms with Crippen molar-refractivity contribution in [1.29, 1.82) is 0 Å². The minimum atomic E-state index is 0.604. The molecule has 88 valence electrons. The molecule has 0 amide bonds. The van der Waals surface area contributed by atoms with Crippen LogP contribution in [0, 0.1) is 0 Å². The molecule has 4 heteroatoms. The molecule has 1 heterocycles. The Morgan fingerprint density at radius 2 is 2.00 bits per heavy atom. The molecule has 0 saturated heterocycles. The van der Waals surface area contributed by atoms with E-state index >= 15 is 0 Å². The van der Waals surface area contributed by atoms with Crippen LogP contribution in [0.1, 0.15) is 12.0 Å². The van der Waals surface area contributed by atoms with Gasteiger partial charge >= 0.3 is 0 Å². The number of rotatable bonds is 4. The van der Waals surface area contributed by atoms with Crippen LogP contribution in [0.4, 0.5) is 5.13 Å². The van der Waals surface area contributed by atoms with Crippen molar-refractivity contribution < 1.29 is 0 Å². The molecule has 0 unspecified atom stereocenters. The summed E-state index contributed by atoms with van der Waals surface area (Å²) in [7, 11) is 0. The fraction of sp³-hybridized carbons (Fsp3) is 0.154. The van der Waals surface area contributed by atoms with Gasteiger partial charge in [-0.05, 0) is 18.5 Å². The van der Waals surface area contributed by atoms with E-state index in [1.807, 2.05) is 5.38 Å². The van der Waals surface area contributed by atoms with E-state index < -0.39 is 0 Å². The van der Waals surface area contributed by atoms with Gasteiger partial charge in [-0.2, -0.15) is 0 Å². The molecule has 1 aromatic heterocycles. The SMILES string of the molecule is NCCC=Cc1ccc(-c2csc(N)n2)cc1. The number of nitrogens with two attached hydrogens (primary N) is 2. The van der Waals surface area contributed by atoms with E-state index in [4.69, 9.17) is 11.5 Å². The van der Waals surface area contributed by atoms with Crippen molar-refractivity contribution in [1.82, 2.24) is 4.98 Å². The van der Waals surface area contributed by atoms with E-state index in [-0.39, 0.29) is 0 Å². The van der Waals surface area contributed by atoms with Gasteiger partial charge < -0.3 is 11.5 Å². The van der Waals surface area contributed by atoms with Crippen LogP contribution in [-0.2, 0) is 0 Å². The number of benzene rings is 1. The van der Waals surface area contributed by atoms with Crippen LogP contribution in [0.25, 0.3) is 17.3 Å². The number of thiazole rings is 1. The average Bonchev–Trinajstić information content (AvgIpc) is 2.77. The monoisotopic (exact) mass is 245 g/mol. The Bertz CT molecular complexity index is 500. The van der Waals surface area contributed by atoms with Crippen LogP contribution in [0.5, 0.6) is 0 Å². The van der Waals surface area contributed by atoms with E-state index in [9.17, 15) is 0 Å². The summed E-state index contributed by atoms with van der Waals surface area (Å²) in [5, 5.41) is 2.57. The first-order chi connectivity index (χ1) is 8.29. The molecule has 0 aliphatic rings. The maximum absolute atomic E-state index is 5.61. The molecule has 4 N–H and O–H groups in total. The summed E-state index contributed by atoms with van der Waals surface area (Å²) < 4.78 is 0. The van der Waals surface area contributed by atoms with Crippen molar-refractivity contribution in [2.75, 3.05) is 12.3 Å². The van der Waals surface area contributed by atoms with E-state index in [2.05, 4.69) is 41.4 Å². The van der Waals surface area contributed by atoms with E-state index in [1.54, 1.807) is 0 Å². The maximum Gasteiger partial charge on any atom is 0.180 e. The fourth-order valence-corrected chi connectivity index (χ4v) is 2.07. The molecule has 0 aliphatic heterocycles. The molecule has 0 bridgehead atoms. The van der Waals surface area contributed by atoms with Crippen molar-refractivity contribution in [2.24, 2.45) is 5.73 Å². The summed E-state index contributed by atoms with van der Waals surface area (Å²) in [5.74, 6) is 0. The second-order valence-corrected chi connectivity index (χ2v) is 4.56. The summed E-state index contributed by atoms with van der Waals surface area (Å²) in [4.78, 5) is 4.25. The first-order valence-electron chi connectivity index (χ1n) is 5.47. The third kappa shape index (κ3) is 3.15. The van der Waals surface area contributed by atoms with Gasteiger partial charge in [0.05, 0.1) is 5.69 Å². The molecule has 3 nitrogen and oxygen atoms in total.